The number of pyridine rings is 1. The second-order valence-electron chi connectivity index (χ2n) is 7.65. The Morgan fingerprint density at radius 3 is 2.38 bits per heavy atom. The van der Waals surface area contributed by atoms with E-state index in [1.165, 1.54) is 29.0 Å². The number of rotatable bonds is 5. The topological polar surface area (TPSA) is 106 Å². The summed E-state index contributed by atoms with van der Waals surface area (Å²) in [6.45, 7) is 2.34. The average molecular weight is 430 g/mol. The van der Waals surface area contributed by atoms with Crippen molar-refractivity contribution < 1.29 is 9.90 Å². The van der Waals surface area contributed by atoms with Crippen molar-refractivity contribution in [2.45, 2.75) is 20.0 Å². The molecule has 0 bridgehead atoms. The Labute approximate surface area is 183 Å². The van der Waals surface area contributed by atoms with Crippen LogP contribution in [0.5, 0.6) is 5.75 Å². The molecule has 0 spiro atoms. The fourth-order valence-corrected chi connectivity index (χ4v) is 3.43. The number of fused-ring (bicyclic) bond motifs is 1. The van der Waals surface area contributed by atoms with Crippen LogP contribution < -0.4 is 16.6 Å². The number of carbonyl (C=O) groups excluding carboxylic acids is 1. The first-order valence-electron chi connectivity index (χ1n) is 10.0. The van der Waals surface area contributed by atoms with Crippen LogP contribution in [-0.4, -0.2) is 25.1 Å². The molecule has 2 heterocycles. The number of benzene rings is 2. The average Bonchev–Trinajstić information content (AvgIpc) is 2.80. The van der Waals surface area contributed by atoms with Gasteiger partial charge in [0.1, 0.15) is 11.4 Å². The predicted molar refractivity (Wildman–Crippen MR) is 121 cm³/mol. The molecule has 0 saturated heterocycles. The summed E-state index contributed by atoms with van der Waals surface area (Å²) in [6.07, 6.45) is 1.36. The summed E-state index contributed by atoms with van der Waals surface area (Å²) < 4.78 is 2.52. The molecule has 8 nitrogen and oxygen atoms in total. The molecule has 2 N–H and O–H groups in total. The highest BCUT2D eigenvalue weighted by Gasteiger charge is 2.15. The van der Waals surface area contributed by atoms with Crippen molar-refractivity contribution in [3.8, 4) is 5.75 Å². The molecule has 2 aromatic heterocycles. The predicted octanol–water partition coefficient (Wildman–Crippen LogP) is 2.09. The van der Waals surface area contributed by atoms with Crippen molar-refractivity contribution in [1.29, 1.82) is 0 Å². The number of carbonyl (C=O) groups is 1. The van der Waals surface area contributed by atoms with Gasteiger partial charge in [-0.3, -0.25) is 18.7 Å². The van der Waals surface area contributed by atoms with E-state index < -0.39 is 17.2 Å². The molecule has 0 unspecified atom stereocenters. The van der Waals surface area contributed by atoms with Gasteiger partial charge in [0.25, 0.3) is 11.5 Å². The fourth-order valence-electron chi connectivity index (χ4n) is 3.43. The maximum absolute atomic E-state index is 13.1. The lowest BCUT2D eigenvalue weighted by atomic mass is 10.1. The van der Waals surface area contributed by atoms with Crippen LogP contribution in [0.4, 0.5) is 0 Å². The van der Waals surface area contributed by atoms with E-state index in [0.29, 0.717) is 5.52 Å². The van der Waals surface area contributed by atoms with Gasteiger partial charge in [-0.25, -0.2) is 9.78 Å². The zero-order valence-corrected chi connectivity index (χ0v) is 17.7. The standard InChI is InChI=1S/C24H22N4O4/c1-15-3-5-17(6-4-15)14-28-23(31)19-11-20(25-13-21(19)27(2)24(28)32)22(30)26-12-16-7-9-18(29)10-8-16/h3-11,13,29H,12,14H2,1-2H3,(H,26,30). The molecule has 0 radical (unpaired) electrons. The van der Waals surface area contributed by atoms with Gasteiger partial charge in [0.05, 0.1) is 23.6 Å². The minimum absolute atomic E-state index is 0.0777. The number of aromatic hydroxyl groups is 1. The number of phenols is 1. The normalized spacial score (nSPS) is 10.9. The Morgan fingerprint density at radius 2 is 1.69 bits per heavy atom. The van der Waals surface area contributed by atoms with Gasteiger partial charge in [-0.15, -0.1) is 0 Å². The lowest BCUT2D eigenvalue weighted by Crippen LogP contribution is -2.39. The molecule has 0 aliphatic heterocycles. The molecule has 0 aliphatic carbocycles. The van der Waals surface area contributed by atoms with Crippen molar-refractivity contribution in [2.24, 2.45) is 7.05 Å². The number of hydrogen-bond acceptors (Lipinski definition) is 5. The summed E-state index contributed by atoms with van der Waals surface area (Å²) in [7, 11) is 1.57. The van der Waals surface area contributed by atoms with E-state index in [-0.39, 0.29) is 29.9 Å². The zero-order chi connectivity index (χ0) is 22.8. The van der Waals surface area contributed by atoms with Crippen molar-refractivity contribution in [3.05, 3.63) is 104 Å². The van der Waals surface area contributed by atoms with Gasteiger partial charge in [0.2, 0.25) is 0 Å². The second-order valence-corrected chi connectivity index (χ2v) is 7.65. The van der Waals surface area contributed by atoms with Crippen LogP contribution in [0.3, 0.4) is 0 Å². The number of aromatic nitrogens is 3. The highest BCUT2D eigenvalue weighted by molar-refractivity contribution is 5.95. The van der Waals surface area contributed by atoms with Crippen LogP contribution in [0.25, 0.3) is 10.9 Å². The van der Waals surface area contributed by atoms with Gasteiger partial charge >= 0.3 is 5.69 Å². The van der Waals surface area contributed by atoms with Crippen molar-refractivity contribution in [3.63, 3.8) is 0 Å². The van der Waals surface area contributed by atoms with Gasteiger partial charge in [-0.2, -0.15) is 0 Å². The third-order valence-electron chi connectivity index (χ3n) is 5.32. The number of phenolic OH excluding ortho intramolecular Hbond substituents is 1. The molecular formula is C24H22N4O4. The summed E-state index contributed by atoms with van der Waals surface area (Å²) in [6, 6.07) is 15.5. The quantitative estimate of drug-likeness (QED) is 0.504. The Hall–Kier alpha value is -4.20. The van der Waals surface area contributed by atoms with E-state index in [0.717, 1.165) is 21.3 Å². The number of nitrogens with zero attached hydrogens (tertiary/aromatic N) is 3. The SMILES string of the molecule is Cc1ccc(Cn2c(=O)c3cc(C(=O)NCc4ccc(O)cc4)ncc3n(C)c2=O)cc1. The molecule has 1 amide bonds. The first-order chi connectivity index (χ1) is 15.3. The van der Waals surface area contributed by atoms with Crippen LogP contribution in [-0.2, 0) is 20.1 Å². The van der Waals surface area contributed by atoms with Gasteiger partial charge in [-0.05, 0) is 36.2 Å². The Bertz CT molecular complexity index is 1420. The third-order valence-corrected chi connectivity index (χ3v) is 5.32. The summed E-state index contributed by atoms with van der Waals surface area (Å²) in [5, 5.41) is 12.3. The van der Waals surface area contributed by atoms with Crippen LogP contribution >= 0.6 is 0 Å². The number of amides is 1. The fraction of sp³-hybridized carbons (Fsp3) is 0.167. The first kappa shape index (κ1) is 21.0. The highest BCUT2D eigenvalue weighted by atomic mass is 16.3. The third kappa shape index (κ3) is 4.15. The Balaban J connectivity index is 1.67. The number of hydrogen-bond donors (Lipinski definition) is 2. The number of aryl methyl sites for hydroxylation is 2. The molecule has 32 heavy (non-hydrogen) atoms. The minimum Gasteiger partial charge on any atom is -0.508 e. The van der Waals surface area contributed by atoms with E-state index in [2.05, 4.69) is 10.3 Å². The van der Waals surface area contributed by atoms with Crippen LogP contribution in [0.15, 0.2) is 70.4 Å². The smallest absolute Gasteiger partial charge is 0.331 e. The summed E-state index contributed by atoms with van der Waals surface area (Å²) >= 11 is 0. The Kier molecular flexibility index (Phi) is 5.59. The lowest BCUT2D eigenvalue weighted by Gasteiger charge is -2.12. The summed E-state index contributed by atoms with van der Waals surface area (Å²) in [5.41, 5.74) is 2.23. The second kappa shape index (κ2) is 8.50. The molecule has 2 aromatic carbocycles. The molecule has 0 fully saturated rings. The maximum atomic E-state index is 13.1. The first-order valence-corrected chi connectivity index (χ1v) is 10.0. The largest absolute Gasteiger partial charge is 0.508 e. The molecule has 4 rings (SSSR count). The monoisotopic (exact) mass is 430 g/mol. The Morgan fingerprint density at radius 1 is 1.03 bits per heavy atom. The zero-order valence-electron chi connectivity index (χ0n) is 17.7. The van der Waals surface area contributed by atoms with Crippen molar-refractivity contribution in [2.75, 3.05) is 0 Å². The molecular weight excluding hydrogens is 408 g/mol. The van der Waals surface area contributed by atoms with Gasteiger partial charge in [-0.1, -0.05) is 42.0 Å². The van der Waals surface area contributed by atoms with Crippen LogP contribution in [0, 0.1) is 6.92 Å². The summed E-state index contributed by atoms with van der Waals surface area (Å²) in [4.78, 5) is 42.6. The van der Waals surface area contributed by atoms with E-state index in [1.807, 2.05) is 31.2 Å². The number of nitrogens with one attached hydrogen (secondary N) is 1. The molecule has 0 saturated carbocycles. The molecule has 162 valence electrons. The molecule has 0 aliphatic rings. The van der Waals surface area contributed by atoms with E-state index in [4.69, 9.17) is 0 Å². The van der Waals surface area contributed by atoms with E-state index in [1.54, 1.807) is 19.2 Å². The molecule has 8 heteroatoms. The summed E-state index contributed by atoms with van der Waals surface area (Å²) in [5.74, 6) is -0.304. The van der Waals surface area contributed by atoms with E-state index in [9.17, 15) is 19.5 Å². The minimum atomic E-state index is -0.473. The van der Waals surface area contributed by atoms with Crippen molar-refractivity contribution >= 4 is 16.8 Å². The molecule has 0 atom stereocenters. The van der Waals surface area contributed by atoms with Gasteiger partial charge < -0.3 is 10.4 Å². The lowest BCUT2D eigenvalue weighted by molar-refractivity contribution is 0.0946. The van der Waals surface area contributed by atoms with Crippen LogP contribution in [0.1, 0.15) is 27.2 Å². The van der Waals surface area contributed by atoms with Crippen LogP contribution in [0.2, 0.25) is 0 Å². The maximum Gasteiger partial charge on any atom is 0.331 e. The van der Waals surface area contributed by atoms with Gasteiger partial charge in [0, 0.05) is 13.6 Å². The highest BCUT2D eigenvalue weighted by Crippen LogP contribution is 2.11. The molecule has 4 aromatic rings. The van der Waals surface area contributed by atoms with Crippen molar-refractivity contribution in [1.82, 2.24) is 19.4 Å². The van der Waals surface area contributed by atoms with Gasteiger partial charge in [0.15, 0.2) is 0 Å². The van der Waals surface area contributed by atoms with E-state index >= 15 is 0 Å².